The summed E-state index contributed by atoms with van der Waals surface area (Å²) < 4.78 is 5.17. The second kappa shape index (κ2) is 8.00. The fourth-order valence-electron chi connectivity index (χ4n) is 3.09. The van der Waals surface area contributed by atoms with E-state index >= 15 is 0 Å². The van der Waals surface area contributed by atoms with Gasteiger partial charge < -0.3 is 15.4 Å². The maximum absolute atomic E-state index is 11.5. The smallest absolute Gasteiger partial charge is 0.407 e. The molecule has 4 heteroatoms. The van der Waals surface area contributed by atoms with E-state index in [1.807, 2.05) is 26.8 Å². The molecule has 0 aliphatic heterocycles. The van der Waals surface area contributed by atoms with Crippen LogP contribution >= 0.6 is 0 Å². The van der Waals surface area contributed by atoms with E-state index in [0.717, 1.165) is 12.5 Å². The molecule has 2 atom stereocenters. The van der Waals surface area contributed by atoms with Crippen LogP contribution in [0.15, 0.2) is 12.2 Å². The van der Waals surface area contributed by atoms with Crippen molar-refractivity contribution in [2.75, 3.05) is 13.1 Å². The molecule has 2 N–H and O–H groups in total. The van der Waals surface area contributed by atoms with E-state index in [9.17, 15) is 4.79 Å². The van der Waals surface area contributed by atoms with Crippen LogP contribution in [-0.4, -0.2) is 30.8 Å². The average molecular weight is 310 g/mol. The summed E-state index contributed by atoms with van der Waals surface area (Å²) in [7, 11) is 0. The Kier molecular flexibility index (Phi) is 6.92. The fourth-order valence-corrected chi connectivity index (χ4v) is 3.09. The van der Waals surface area contributed by atoms with Gasteiger partial charge in [-0.05, 0) is 51.4 Å². The van der Waals surface area contributed by atoms with E-state index in [1.54, 1.807) is 0 Å². The van der Waals surface area contributed by atoms with Crippen LogP contribution in [0.5, 0.6) is 0 Å². The Morgan fingerprint density at radius 1 is 1.27 bits per heavy atom. The molecule has 0 heterocycles. The van der Waals surface area contributed by atoms with Crippen LogP contribution < -0.4 is 10.6 Å². The summed E-state index contributed by atoms with van der Waals surface area (Å²) in [6.45, 7) is 14.0. The predicted molar refractivity (Wildman–Crippen MR) is 92.0 cm³/mol. The Hall–Kier alpha value is -1.03. The number of alkyl carbamates (subject to hydrolysis) is 1. The zero-order valence-electron chi connectivity index (χ0n) is 15.2. The van der Waals surface area contributed by atoms with Gasteiger partial charge in [0.15, 0.2) is 0 Å². The van der Waals surface area contributed by atoms with Crippen LogP contribution in [0.25, 0.3) is 0 Å². The Labute approximate surface area is 136 Å². The van der Waals surface area contributed by atoms with Crippen molar-refractivity contribution in [2.24, 2.45) is 11.3 Å². The van der Waals surface area contributed by atoms with E-state index in [1.165, 1.54) is 19.3 Å². The quantitative estimate of drug-likeness (QED) is 0.758. The standard InChI is InChI=1S/C18H34N2O2/c1-14-13-18(5,6)10-9-15(14)19-11-7-8-12-20-16(21)22-17(2,3)4/h7-8,14-15,19H,9-13H2,1-6H3,(H,20,21)/b8-7+. The molecule has 0 aromatic rings. The molecule has 0 radical (unpaired) electrons. The Bertz CT molecular complexity index is 383. The monoisotopic (exact) mass is 310 g/mol. The van der Waals surface area contributed by atoms with Gasteiger partial charge in [-0.3, -0.25) is 0 Å². The summed E-state index contributed by atoms with van der Waals surface area (Å²) in [5.74, 6) is 0.719. The highest BCUT2D eigenvalue weighted by atomic mass is 16.6. The number of rotatable bonds is 5. The molecule has 0 saturated heterocycles. The Morgan fingerprint density at radius 3 is 2.50 bits per heavy atom. The summed E-state index contributed by atoms with van der Waals surface area (Å²) in [6, 6.07) is 0.608. The third-order valence-corrected chi connectivity index (χ3v) is 4.12. The van der Waals surface area contributed by atoms with Crippen molar-refractivity contribution in [3.05, 3.63) is 12.2 Å². The van der Waals surface area contributed by atoms with Crippen LogP contribution in [0, 0.1) is 11.3 Å². The lowest BCUT2D eigenvalue weighted by atomic mass is 9.70. The van der Waals surface area contributed by atoms with Crippen molar-refractivity contribution in [1.29, 1.82) is 0 Å². The van der Waals surface area contributed by atoms with E-state index in [0.29, 0.717) is 18.0 Å². The van der Waals surface area contributed by atoms with E-state index in [-0.39, 0.29) is 6.09 Å². The Morgan fingerprint density at radius 2 is 1.91 bits per heavy atom. The second-order valence-corrected chi connectivity index (χ2v) is 8.25. The SMILES string of the molecule is CC1CC(C)(C)CCC1NC/C=C/CNC(=O)OC(C)(C)C. The molecule has 1 fully saturated rings. The van der Waals surface area contributed by atoms with E-state index in [4.69, 9.17) is 4.74 Å². The summed E-state index contributed by atoms with van der Waals surface area (Å²) in [4.78, 5) is 11.5. The summed E-state index contributed by atoms with van der Waals surface area (Å²) in [6.07, 6.45) is 7.50. The van der Waals surface area contributed by atoms with Crippen LogP contribution in [0.3, 0.4) is 0 Å². The van der Waals surface area contributed by atoms with Crippen LogP contribution in [0.4, 0.5) is 4.79 Å². The highest BCUT2D eigenvalue weighted by molar-refractivity contribution is 5.67. The van der Waals surface area contributed by atoms with E-state index in [2.05, 4.69) is 37.5 Å². The minimum Gasteiger partial charge on any atom is -0.444 e. The first kappa shape index (κ1) is 19.0. The third-order valence-electron chi connectivity index (χ3n) is 4.12. The first-order valence-electron chi connectivity index (χ1n) is 8.44. The van der Waals surface area contributed by atoms with Gasteiger partial charge in [0, 0.05) is 19.1 Å². The van der Waals surface area contributed by atoms with Gasteiger partial charge in [-0.15, -0.1) is 0 Å². The van der Waals surface area contributed by atoms with Crippen molar-refractivity contribution in [2.45, 2.75) is 72.4 Å². The maximum Gasteiger partial charge on any atom is 0.407 e. The predicted octanol–water partition coefficient (Wildman–Crippen LogP) is 3.87. The number of ether oxygens (including phenoxy) is 1. The topological polar surface area (TPSA) is 50.4 Å². The first-order chi connectivity index (χ1) is 10.1. The highest BCUT2D eigenvalue weighted by Crippen LogP contribution is 2.38. The molecular weight excluding hydrogens is 276 g/mol. The molecule has 0 spiro atoms. The summed E-state index contributed by atoms with van der Waals surface area (Å²) >= 11 is 0. The zero-order chi connectivity index (χ0) is 16.8. The van der Waals surface area contributed by atoms with Gasteiger partial charge in [0.05, 0.1) is 0 Å². The lowest BCUT2D eigenvalue weighted by Gasteiger charge is -2.39. The number of hydrogen-bond acceptors (Lipinski definition) is 3. The summed E-state index contributed by atoms with van der Waals surface area (Å²) in [5.41, 5.74) is 0.0466. The number of nitrogens with one attached hydrogen (secondary N) is 2. The molecule has 0 aromatic carbocycles. The van der Waals surface area contributed by atoms with Crippen molar-refractivity contribution in [3.8, 4) is 0 Å². The molecule has 1 rings (SSSR count). The third kappa shape index (κ3) is 7.83. The molecule has 22 heavy (non-hydrogen) atoms. The highest BCUT2D eigenvalue weighted by Gasteiger charge is 2.31. The van der Waals surface area contributed by atoms with Gasteiger partial charge in [0.25, 0.3) is 0 Å². The van der Waals surface area contributed by atoms with Crippen LogP contribution in [-0.2, 0) is 4.74 Å². The lowest BCUT2D eigenvalue weighted by molar-refractivity contribution is 0.0534. The first-order valence-corrected chi connectivity index (χ1v) is 8.44. The summed E-state index contributed by atoms with van der Waals surface area (Å²) in [5, 5.41) is 6.33. The molecule has 1 aliphatic carbocycles. The van der Waals surface area contributed by atoms with Gasteiger partial charge in [0.2, 0.25) is 0 Å². The van der Waals surface area contributed by atoms with Gasteiger partial charge in [-0.2, -0.15) is 0 Å². The van der Waals surface area contributed by atoms with Crippen molar-refractivity contribution in [3.63, 3.8) is 0 Å². The zero-order valence-corrected chi connectivity index (χ0v) is 15.2. The molecule has 1 saturated carbocycles. The molecule has 4 nitrogen and oxygen atoms in total. The minimum atomic E-state index is -0.444. The van der Waals surface area contributed by atoms with Crippen molar-refractivity contribution >= 4 is 6.09 Å². The van der Waals surface area contributed by atoms with Crippen molar-refractivity contribution < 1.29 is 9.53 Å². The normalized spacial score (nSPS) is 25.2. The van der Waals surface area contributed by atoms with Gasteiger partial charge >= 0.3 is 6.09 Å². The van der Waals surface area contributed by atoms with Crippen molar-refractivity contribution in [1.82, 2.24) is 10.6 Å². The van der Waals surface area contributed by atoms with Gasteiger partial charge in [-0.1, -0.05) is 32.9 Å². The lowest BCUT2D eigenvalue weighted by Crippen LogP contribution is -2.41. The number of carbonyl (C=O) groups is 1. The Balaban J connectivity index is 2.16. The molecular formula is C18H34N2O2. The number of carbonyl (C=O) groups excluding carboxylic acids is 1. The molecule has 1 amide bonds. The van der Waals surface area contributed by atoms with Crippen LogP contribution in [0.1, 0.15) is 60.8 Å². The number of amides is 1. The fraction of sp³-hybridized carbons (Fsp3) is 0.833. The molecule has 2 unspecified atom stereocenters. The van der Waals surface area contributed by atoms with Gasteiger partial charge in [0.1, 0.15) is 5.60 Å². The average Bonchev–Trinajstić information content (AvgIpc) is 2.32. The molecule has 0 bridgehead atoms. The van der Waals surface area contributed by atoms with Crippen LogP contribution in [0.2, 0.25) is 0 Å². The molecule has 0 aromatic heterocycles. The second-order valence-electron chi connectivity index (χ2n) is 8.25. The minimum absolute atomic E-state index is 0.367. The maximum atomic E-state index is 11.5. The van der Waals surface area contributed by atoms with E-state index < -0.39 is 5.60 Å². The molecule has 128 valence electrons. The van der Waals surface area contributed by atoms with Gasteiger partial charge in [-0.25, -0.2) is 4.79 Å². The largest absolute Gasteiger partial charge is 0.444 e. The molecule has 1 aliphatic rings. The number of hydrogen-bond donors (Lipinski definition) is 2.